The zero-order chi connectivity index (χ0) is 19.7. The summed E-state index contributed by atoms with van der Waals surface area (Å²) in [5.74, 6) is 0.965. The average molecular weight is 386 g/mol. The molecule has 2 fully saturated rings. The fourth-order valence-corrected chi connectivity index (χ4v) is 4.88. The third-order valence-corrected chi connectivity index (χ3v) is 6.54. The van der Waals surface area contributed by atoms with Crippen LogP contribution in [0.25, 0.3) is 0 Å². The van der Waals surface area contributed by atoms with Gasteiger partial charge in [-0.2, -0.15) is 0 Å². The van der Waals surface area contributed by atoms with Crippen LogP contribution in [0.5, 0.6) is 5.75 Å². The van der Waals surface area contributed by atoms with E-state index in [4.69, 9.17) is 4.74 Å². The molecule has 3 amide bonds. The molecule has 0 saturated carbocycles. The molecule has 0 aromatic heterocycles. The number of hydrogen-bond acceptors (Lipinski definition) is 3. The predicted molar refractivity (Wildman–Crippen MR) is 109 cm³/mol. The summed E-state index contributed by atoms with van der Waals surface area (Å²) >= 11 is 0. The number of amides is 3. The number of rotatable bonds is 2. The van der Waals surface area contributed by atoms with Crippen LogP contribution in [-0.2, 0) is 11.2 Å². The third-order valence-electron chi connectivity index (χ3n) is 6.54. The maximum Gasteiger partial charge on any atom is 0.319 e. The van der Waals surface area contributed by atoms with Gasteiger partial charge in [-0.05, 0) is 62.6 Å². The fraction of sp³-hybridized carbons (Fsp3) is 0.636. The highest BCUT2D eigenvalue weighted by molar-refractivity contribution is 5.98. The lowest BCUT2D eigenvalue weighted by Crippen LogP contribution is -2.49. The minimum absolute atomic E-state index is 0.0150. The molecular formula is C22H31N3O3. The lowest BCUT2D eigenvalue weighted by Gasteiger charge is -2.38. The molecule has 1 aromatic rings. The monoisotopic (exact) mass is 385 g/mol. The van der Waals surface area contributed by atoms with E-state index in [2.05, 4.69) is 13.0 Å². The van der Waals surface area contributed by atoms with Crippen molar-refractivity contribution in [1.82, 2.24) is 9.80 Å². The summed E-state index contributed by atoms with van der Waals surface area (Å²) < 4.78 is 5.59. The van der Waals surface area contributed by atoms with E-state index in [1.165, 1.54) is 11.1 Å². The molecule has 0 unspecified atom stereocenters. The van der Waals surface area contributed by atoms with E-state index in [0.717, 1.165) is 69.6 Å². The number of methoxy groups -OCH3 is 1. The Bertz CT molecular complexity index is 750. The predicted octanol–water partition coefficient (Wildman–Crippen LogP) is 3.21. The normalized spacial score (nSPS) is 20.3. The van der Waals surface area contributed by atoms with Crippen molar-refractivity contribution in [2.45, 2.75) is 45.4 Å². The van der Waals surface area contributed by atoms with Crippen LogP contribution in [0.4, 0.5) is 10.5 Å². The van der Waals surface area contributed by atoms with Crippen molar-refractivity contribution in [2.24, 2.45) is 5.92 Å². The van der Waals surface area contributed by atoms with E-state index < -0.39 is 0 Å². The van der Waals surface area contributed by atoms with Gasteiger partial charge in [-0.15, -0.1) is 0 Å². The van der Waals surface area contributed by atoms with Crippen LogP contribution >= 0.6 is 0 Å². The highest BCUT2D eigenvalue weighted by Gasteiger charge is 2.35. The Morgan fingerprint density at radius 2 is 1.64 bits per heavy atom. The van der Waals surface area contributed by atoms with Gasteiger partial charge in [-0.1, -0.05) is 6.07 Å². The zero-order valence-electron chi connectivity index (χ0n) is 17.1. The van der Waals surface area contributed by atoms with Crippen molar-refractivity contribution in [2.75, 3.05) is 44.7 Å². The molecule has 152 valence electrons. The van der Waals surface area contributed by atoms with E-state index >= 15 is 0 Å². The van der Waals surface area contributed by atoms with Gasteiger partial charge in [-0.3, -0.25) is 4.79 Å². The molecule has 4 rings (SSSR count). The van der Waals surface area contributed by atoms with Gasteiger partial charge in [0.2, 0.25) is 5.91 Å². The minimum atomic E-state index is -0.0150. The Hall–Kier alpha value is -2.24. The first kappa shape index (κ1) is 19.1. The minimum Gasteiger partial charge on any atom is -0.495 e. The summed E-state index contributed by atoms with van der Waals surface area (Å²) in [6.45, 7) is 5.96. The summed E-state index contributed by atoms with van der Waals surface area (Å²) in [5.41, 5.74) is 3.43. The summed E-state index contributed by atoms with van der Waals surface area (Å²) in [7, 11) is 1.67. The van der Waals surface area contributed by atoms with Crippen LogP contribution in [-0.4, -0.2) is 61.6 Å². The maximum absolute atomic E-state index is 13.4. The SMILES string of the molecule is COc1ccc(C)c2c1N(C(=O)C1CCN(C(=O)N3CCCC3)CC1)CCC2. The molecule has 3 heterocycles. The van der Waals surface area contributed by atoms with Gasteiger partial charge < -0.3 is 19.4 Å². The Morgan fingerprint density at radius 1 is 0.964 bits per heavy atom. The van der Waals surface area contributed by atoms with Gasteiger partial charge in [0.15, 0.2) is 0 Å². The molecule has 0 N–H and O–H groups in total. The quantitative estimate of drug-likeness (QED) is 0.786. The highest BCUT2D eigenvalue weighted by Crippen LogP contribution is 2.39. The second-order valence-electron chi connectivity index (χ2n) is 8.24. The number of anilines is 1. The van der Waals surface area contributed by atoms with Crippen molar-refractivity contribution < 1.29 is 14.3 Å². The average Bonchev–Trinajstić information content (AvgIpc) is 3.28. The molecule has 6 nitrogen and oxygen atoms in total. The first-order valence-electron chi connectivity index (χ1n) is 10.6. The van der Waals surface area contributed by atoms with Crippen LogP contribution < -0.4 is 9.64 Å². The number of benzene rings is 1. The number of aryl methyl sites for hydroxylation is 1. The molecule has 0 aliphatic carbocycles. The molecule has 0 spiro atoms. The van der Waals surface area contributed by atoms with E-state index in [0.29, 0.717) is 13.1 Å². The zero-order valence-corrected chi connectivity index (χ0v) is 17.1. The van der Waals surface area contributed by atoms with Gasteiger partial charge in [0.1, 0.15) is 5.75 Å². The summed E-state index contributed by atoms with van der Waals surface area (Å²) in [6, 6.07) is 4.20. The molecule has 0 bridgehead atoms. The maximum atomic E-state index is 13.4. The second kappa shape index (κ2) is 8.02. The van der Waals surface area contributed by atoms with Crippen LogP contribution in [0.2, 0.25) is 0 Å². The van der Waals surface area contributed by atoms with Gasteiger partial charge in [0.25, 0.3) is 0 Å². The number of carbonyl (C=O) groups is 2. The van der Waals surface area contributed by atoms with Gasteiger partial charge >= 0.3 is 6.03 Å². The Kier molecular flexibility index (Phi) is 5.47. The van der Waals surface area contributed by atoms with Crippen LogP contribution in [0, 0.1) is 12.8 Å². The number of piperidine rings is 1. The lowest BCUT2D eigenvalue weighted by molar-refractivity contribution is -0.123. The summed E-state index contributed by atoms with van der Waals surface area (Å²) in [4.78, 5) is 31.8. The molecule has 3 aliphatic rings. The van der Waals surface area contributed by atoms with Crippen molar-refractivity contribution in [3.63, 3.8) is 0 Å². The van der Waals surface area contributed by atoms with Crippen LogP contribution in [0.1, 0.15) is 43.2 Å². The number of hydrogen-bond donors (Lipinski definition) is 0. The van der Waals surface area contributed by atoms with Gasteiger partial charge in [-0.25, -0.2) is 4.79 Å². The van der Waals surface area contributed by atoms with Crippen molar-refractivity contribution in [3.05, 3.63) is 23.3 Å². The molecule has 28 heavy (non-hydrogen) atoms. The van der Waals surface area contributed by atoms with E-state index in [9.17, 15) is 9.59 Å². The van der Waals surface area contributed by atoms with E-state index in [-0.39, 0.29) is 17.9 Å². The summed E-state index contributed by atoms with van der Waals surface area (Å²) in [5, 5.41) is 0. The molecular weight excluding hydrogens is 354 g/mol. The van der Waals surface area contributed by atoms with Crippen molar-refractivity contribution in [1.29, 1.82) is 0 Å². The molecule has 1 aromatic carbocycles. The number of urea groups is 1. The molecule has 3 aliphatic heterocycles. The fourth-order valence-electron chi connectivity index (χ4n) is 4.88. The van der Waals surface area contributed by atoms with Crippen LogP contribution in [0.3, 0.4) is 0 Å². The molecule has 2 saturated heterocycles. The smallest absolute Gasteiger partial charge is 0.319 e. The second-order valence-corrected chi connectivity index (χ2v) is 8.24. The van der Waals surface area contributed by atoms with E-state index in [1.807, 2.05) is 20.8 Å². The molecule has 0 radical (unpaired) electrons. The Labute approximate surface area is 167 Å². The topological polar surface area (TPSA) is 53.1 Å². The number of ether oxygens (including phenoxy) is 1. The van der Waals surface area contributed by atoms with Gasteiger partial charge in [0, 0.05) is 38.6 Å². The van der Waals surface area contributed by atoms with Crippen LogP contribution in [0.15, 0.2) is 12.1 Å². The number of nitrogens with zero attached hydrogens (tertiary/aromatic N) is 3. The standard InChI is InChI=1S/C22H31N3O3/c1-16-7-8-19(28-2)20-18(16)6-5-13-25(20)21(26)17-9-14-24(15-10-17)22(27)23-11-3-4-12-23/h7-8,17H,3-6,9-15H2,1-2H3. The Balaban J connectivity index is 1.45. The van der Waals surface area contributed by atoms with E-state index in [1.54, 1.807) is 7.11 Å². The molecule has 0 atom stereocenters. The number of likely N-dealkylation sites (tertiary alicyclic amines) is 2. The highest BCUT2D eigenvalue weighted by atomic mass is 16.5. The Morgan fingerprint density at radius 3 is 2.32 bits per heavy atom. The first-order valence-corrected chi connectivity index (χ1v) is 10.6. The van der Waals surface area contributed by atoms with Crippen molar-refractivity contribution >= 4 is 17.6 Å². The third kappa shape index (κ3) is 3.45. The largest absolute Gasteiger partial charge is 0.495 e. The molecule has 6 heteroatoms. The number of carbonyl (C=O) groups excluding carboxylic acids is 2. The lowest BCUT2D eigenvalue weighted by atomic mass is 9.91. The number of fused-ring (bicyclic) bond motifs is 1. The first-order chi connectivity index (χ1) is 13.6. The van der Waals surface area contributed by atoms with Crippen molar-refractivity contribution in [3.8, 4) is 5.75 Å². The summed E-state index contributed by atoms with van der Waals surface area (Å²) in [6.07, 6.45) is 5.69. The van der Waals surface area contributed by atoms with Gasteiger partial charge in [0.05, 0.1) is 12.8 Å².